The minimum Gasteiger partial charge on any atom is -0.427 e. The monoisotopic (exact) mass is 234 g/mol. The van der Waals surface area contributed by atoms with E-state index in [1.54, 1.807) is 0 Å². The van der Waals surface area contributed by atoms with Crippen LogP contribution in [0.4, 0.5) is 0 Å². The topological polar surface area (TPSA) is 26.3 Å². The van der Waals surface area contributed by atoms with Gasteiger partial charge >= 0.3 is 5.97 Å². The van der Waals surface area contributed by atoms with E-state index in [4.69, 9.17) is 4.74 Å². The summed E-state index contributed by atoms with van der Waals surface area (Å²) in [5.41, 5.74) is 1.62. The highest BCUT2D eigenvalue weighted by molar-refractivity contribution is 5.69. The van der Waals surface area contributed by atoms with Gasteiger partial charge in [0.2, 0.25) is 0 Å². The molecule has 0 bridgehead atoms. The van der Waals surface area contributed by atoms with Gasteiger partial charge in [0.1, 0.15) is 5.75 Å². The fraction of sp³-hybridized carbons (Fsp3) is 0.533. The Morgan fingerprint density at radius 2 is 1.76 bits per heavy atom. The molecule has 0 aromatic heterocycles. The van der Waals surface area contributed by atoms with Crippen LogP contribution >= 0.6 is 0 Å². The third kappa shape index (κ3) is 5.03. The van der Waals surface area contributed by atoms with E-state index in [1.807, 2.05) is 24.3 Å². The lowest BCUT2D eigenvalue weighted by Gasteiger charge is -2.23. The summed E-state index contributed by atoms with van der Waals surface area (Å²) in [6, 6.07) is 7.79. The predicted octanol–water partition coefficient (Wildman–Crippen LogP) is 4.15. The van der Waals surface area contributed by atoms with Gasteiger partial charge in [0.05, 0.1) is 0 Å². The van der Waals surface area contributed by atoms with Crippen molar-refractivity contribution in [3.63, 3.8) is 0 Å². The van der Waals surface area contributed by atoms with Crippen molar-refractivity contribution < 1.29 is 9.53 Å². The maximum absolute atomic E-state index is 10.8. The van der Waals surface area contributed by atoms with Crippen molar-refractivity contribution in [2.24, 2.45) is 5.41 Å². The van der Waals surface area contributed by atoms with Gasteiger partial charge in [-0.15, -0.1) is 0 Å². The average Bonchev–Trinajstić information content (AvgIpc) is 2.15. The molecule has 0 N–H and O–H groups in total. The lowest BCUT2D eigenvalue weighted by atomic mass is 9.82. The summed E-state index contributed by atoms with van der Waals surface area (Å²) in [4.78, 5) is 10.8. The van der Waals surface area contributed by atoms with Gasteiger partial charge in [-0.2, -0.15) is 0 Å². The third-order valence-corrected chi connectivity index (χ3v) is 2.63. The molecule has 94 valence electrons. The van der Waals surface area contributed by atoms with Crippen molar-refractivity contribution in [2.45, 2.75) is 47.0 Å². The van der Waals surface area contributed by atoms with Crippen LogP contribution < -0.4 is 4.74 Å². The quantitative estimate of drug-likeness (QED) is 0.580. The molecular weight excluding hydrogens is 212 g/mol. The molecule has 0 saturated heterocycles. The van der Waals surface area contributed by atoms with E-state index in [2.05, 4.69) is 27.7 Å². The van der Waals surface area contributed by atoms with Crippen LogP contribution in [0, 0.1) is 5.41 Å². The first kappa shape index (κ1) is 13.8. The van der Waals surface area contributed by atoms with Crippen LogP contribution in [0.3, 0.4) is 0 Å². The lowest BCUT2D eigenvalue weighted by molar-refractivity contribution is -0.131. The van der Waals surface area contributed by atoms with Crippen molar-refractivity contribution >= 4 is 5.97 Å². The predicted molar refractivity (Wildman–Crippen MR) is 70.2 cm³/mol. The Bertz CT molecular complexity index is 371. The number of rotatable bonds is 3. The summed E-state index contributed by atoms with van der Waals surface area (Å²) in [5, 5.41) is 0. The van der Waals surface area contributed by atoms with Crippen LogP contribution in [-0.2, 0) is 4.79 Å². The van der Waals surface area contributed by atoms with Crippen molar-refractivity contribution in [1.29, 1.82) is 0 Å². The molecule has 0 spiro atoms. The Balaban J connectivity index is 2.70. The second-order valence-electron chi connectivity index (χ2n) is 5.83. The molecule has 0 fully saturated rings. The number of carbonyl (C=O) groups excluding carboxylic acids is 1. The number of hydrogen-bond acceptors (Lipinski definition) is 2. The molecular formula is C15H22O2. The van der Waals surface area contributed by atoms with E-state index in [9.17, 15) is 4.79 Å². The summed E-state index contributed by atoms with van der Waals surface area (Å²) in [7, 11) is 0. The fourth-order valence-electron chi connectivity index (χ4n) is 2.07. The van der Waals surface area contributed by atoms with Crippen LogP contribution in [-0.4, -0.2) is 5.97 Å². The Morgan fingerprint density at radius 3 is 2.18 bits per heavy atom. The maximum Gasteiger partial charge on any atom is 0.308 e. The Hall–Kier alpha value is -1.31. The minimum absolute atomic E-state index is 0.277. The van der Waals surface area contributed by atoms with Crippen LogP contribution in [0.5, 0.6) is 5.75 Å². The molecule has 1 rings (SSSR count). The van der Waals surface area contributed by atoms with E-state index in [0.717, 1.165) is 6.42 Å². The first-order chi connectivity index (χ1) is 7.78. The molecule has 1 aromatic rings. The van der Waals surface area contributed by atoms with Gasteiger partial charge in [0.25, 0.3) is 0 Å². The smallest absolute Gasteiger partial charge is 0.308 e. The molecule has 0 heterocycles. The summed E-state index contributed by atoms with van der Waals surface area (Å²) in [6.07, 6.45) is 1.14. The molecule has 1 aromatic carbocycles. The number of hydrogen-bond donors (Lipinski definition) is 0. The third-order valence-electron chi connectivity index (χ3n) is 2.63. The second kappa shape index (κ2) is 5.35. The molecule has 17 heavy (non-hydrogen) atoms. The minimum atomic E-state index is -0.277. The van der Waals surface area contributed by atoms with Crippen LogP contribution in [0.1, 0.15) is 52.5 Å². The molecule has 1 unspecified atom stereocenters. The molecule has 0 aliphatic rings. The van der Waals surface area contributed by atoms with Gasteiger partial charge in [-0.3, -0.25) is 4.79 Å². The summed E-state index contributed by atoms with van der Waals surface area (Å²) < 4.78 is 5.01. The zero-order chi connectivity index (χ0) is 13.1. The van der Waals surface area contributed by atoms with E-state index < -0.39 is 0 Å². The van der Waals surface area contributed by atoms with Gasteiger partial charge in [-0.25, -0.2) is 0 Å². The molecule has 0 aliphatic heterocycles. The first-order valence-corrected chi connectivity index (χ1v) is 6.06. The fourth-order valence-corrected chi connectivity index (χ4v) is 2.07. The lowest BCUT2D eigenvalue weighted by Crippen LogP contribution is -2.10. The largest absolute Gasteiger partial charge is 0.427 e. The highest BCUT2D eigenvalue weighted by atomic mass is 16.5. The second-order valence-corrected chi connectivity index (χ2v) is 5.83. The normalized spacial score (nSPS) is 13.2. The van der Waals surface area contributed by atoms with Crippen molar-refractivity contribution in [2.75, 3.05) is 0 Å². The highest BCUT2D eigenvalue weighted by Gasteiger charge is 2.16. The van der Waals surface area contributed by atoms with Crippen molar-refractivity contribution in [1.82, 2.24) is 0 Å². The molecule has 0 radical (unpaired) electrons. The maximum atomic E-state index is 10.8. The molecule has 2 heteroatoms. The molecule has 0 amide bonds. The zero-order valence-corrected chi connectivity index (χ0v) is 11.4. The van der Waals surface area contributed by atoms with Gasteiger partial charge < -0.3 is 4.74 Å². The number of carbonyl (C=O) groups is 1. The van der Waals surface area contributed by atoms with Gasteiger partial charge in [0, 0.05) is 6.92 Å². The van der Waals surface area contributed by atoms with E-state index in [1.165, 1.54) is 12.5 Å². The highest BCUT2D eigenvalue weighted by Crippen LogP contribution is 2.31. The molecule has 0 saturated carbocycles. The Labute approximate surface area is 104 Å². The Kier molecular flexibility index (Phi) is 4.33. The SMILES string of the molecule is CC(=O)Oc1ccc(C(C)CC(C)(C)C)cc1. The first-order valence-electron chi connectivity index (χ1n) is 6.06. The molecule has 1 atom stereocenters. The summed E-state index contributed by atoms with van der Waals surface area (Å²) in [6.45, 7) is 10.4. The average molecular weight is 234 g/mol. The van der Waals surface area contributed by atoms with Crippen molar-refractivity contribution in [3.8, 4) is 5.75 Å². The van der Waals surface area contributed by atoms with Gasteiger partial charge in [-0.05, 0) is 35.4 Å². The number of benzene rings is 1. The number of esters is 1. The van der Waals surface area contributed by atoms with E-state index in [0.29, 0.717) is 17.1 Å². The molecule has 2 nitrogen and oxygen atoms in total. The van der Waals surface area contributed by atoms with Gasteiger partial charge in [-0.1, -0.05) is 39.8 Å². The van der Waals surface area contributed by atoms with E-state index in [-0.39, 0.29) is 5.97 Å². The van der Waals surface area contributed by atoms with Crippen molar-refractivity contribution in [3.05, 3.63) is 29.8 Å². The van der Waals surface area contributed by atoms with E-state index >= 15 is 0 Å². The standard InChI is InChI=1S/C15H22O2/c1-11(10-15(3,4)5)13-6-8-14(9-7-13)17-12(2)16/h6-9,11H,10H2,1-5H3. The number of ether oxygens (including phenoxy) is 1. The van der Waals surface area contributed by atoms with Crippen LogP contribution in [0.2, 0.25) is 0 Å². The zero-order valence-electron chi connectivity index (χ0n) is 11.4. The summed E-state index contributed by atoms with van der Waals surface area (Å²) >= 11 is 0. The van der Waals surface area contributed by atoms with Gasteiger partial charge in [0.15, 0.2) is 0 Å². The molecule has 0 aliphatic carbocycles. The summed E-state index contributed by atoms with van der Waals surface area (Å²) in [5.74, 6) is 0.853. The van der Waals surface area contributed by atoms with Crippen LogP contribution in [0.25, 0.3) is 0 Å². The Morgan fingerprint density at radius 1 is 1.24 bits per heavy atom. The van der Waals surface area contributed by atoms with Crippen LogP contribution in [0.15, 0.2) is 24.3 Å².